The summed E-state index contributed by atoms with van der Waals surface area (Å²) in [5.41, 5.74) is 4.57. The van der Waals surface area contributed by atoms with Crippen LogP contribution in [0.25, 0.3) is 5.00 Å². The molecule has 4 rings (SSSR count). The van der Waals surface area contributed by atoms with Crippen LogP contribution in [0.1, 0.15) is 46.2 Å². The molecule has 0 radical (unpaired) electrons. The fourth-order valence-electron chi connectivity index (χ4n) is 3.13. The highest BCUT2D eigenvalue weighted by molar-refractivity contribution is 7.14. The summed E-state index contributed by atoms with van der Waals surface area (Å²) in [7, 11) is 0. The molecule has 0 spiro atoms. The van der Waals surface area contributed by atoms with Gasteiger partial charge in [-0.3, -0.25) is 4.99 Å². The SMILES string of the molecule is Cc1sc2c(c1C)C(c1ccc(Cl)cc1)=NC(C)c1n[nH]c(C)[n+]1-2. The Bertz CT molecular complexity index is 966. The van der Waals surface area contributed by atoms with Gasteiger partial charge in [0.15, 0.2) is 5.00 Å². The molecule has 6 heteroatoms. The van der Waals surface area contributed by atoms with E-state index in [2.05, 4.69) is 35.5 Å². The third-order valence-electron chi connectivity index (χ3n) is 4.52. The van der Waals surface area contributed by atoms with Crippen molar-refractivity contribution in [3.05, 3.63) is 62.5 Å². The van der Waals surface area contributed by atoms with E-state index in [4.69, 9.17) is 16.6 Å². The molecule has 0 saturated heterocycles. The molecule has 122 valence electrons. The Morgan fingerprint density at radius 3 is 2.58 bits per heavy atom. The molecule has 4 nitrogen and oxygen atoms in total. The van der Waals surface area contributed by atoms with Gasteiger partial charge in [0, 0.05) is 27.5 Å². The van der Waals surface area contributed by atoms with Crippen LogP contribution in [-0.4, -0.2) is 15.9 Å². The lowest BCUT2D eigenvalue weighted by molar-refractivity contribution is -0.608. The summed E-state index contributed by atoms with van der Waals surface area (Å²) < 4.78 is 2.21. The van der Waals surface area contributed by atoms with Crippen molar-refractivity contribution in [2.24, 2.45) is 4.99 Å². The summed E-state index contributed by atoms with van der Waals surface area (Å²) >= 11 is 7.86. The molecule has 3 heterocycles. The summed E-state index contributed by atoms with van der Waals surface area (Å²) in [6, 6.07) is 7.88. The average Bonchev–Trinajstić information content (AvgIpc) is 3.03. The zero-order chi connectivity index (χ0) is 17.0. The van der Waals surface area contributed by atoms with E-state index in [0.717, 1.165) is 27.9 Å². The molecule has 1 N–H and O–H groups in total. The molecule has 1 unspecified atom stereocenters. The zero-order valence-electron chi connectivity index (χ0n) is 14.0. The van der Waals surface area contributed by atoms with E-state index >= 15 is 0 Å². The Hall–Kier alpha value is -1.98. The third kappa shape index (κ3) is 2.23. The van der Waals surface area contributed by atoms with Crippen LogP contribution in [0.4, 0.5) is 0 Å². The second-order valence-corrected chi connectivity index (χ2v) is 7.77. The lowest BCUT2D eigenvalue weighted by Crippen LogP contribution is -2.36. The summed E-state index contributed by atoms with van der Waals surface area (Å²) in [4.78, 5) is 6.32. The smallest absolute Gasteiger partial charge is 0.269 e. The fourth-order valence-corrected chi connectivity index (χ4v) is 4.48. The second-order valence-electron chi connectivity index (χ2n) is 6.13. The van der Waals surface area contributed by atoms with Crippen molar-refractivity contribution in [2.75, 3.05) is 0 Å². The van der Waals surface area contributed by atoms with Gasteiger partial charge < -0.3 is 0 Å². The van der Waals surface area contributed by atoms with E-state index in [1.54, 1.807) is 11.3 Å². The Balaban J connectivity index is 2.04. The number of aromatic amines is 1. The molecule has 1 aromatic carbocycles. The monoisotopic (exact) mass is 357 g/mol. The van der Waals surface area contributed by atoms with Crippen LogP contribution in [0.3, 0.4) is 0 Å². The number of rotatable bonds is 1. The van der Waals surface area contributed by atoms with Crippen molar-refractivity contribution in [2.45, 2.75) is 33.7 Å². The maximum atomic E-state index is 6.07. The van der Waals surface area contributed by atoms with Gasteiger partial charge >= 0.3 is 5.82 Å². The van der Waals surface area contributed by atoms with E-state index < -0.39 is 0 Å². The quantitative estimate of drug-likeness (QED) is 0.650. The lowest BCUT2D eigenvalue weighted by atomic mass is 10.00. The van der Waals surface area contributed by atoms with Gasteiger partial charge in [0.25, 0.3) is 0 Å². The van der Waals surface area contributed by atoms with Crippen molar-refractivity contribution in [1.29, 1.82) is 0 Å². The Labute approximate surface area is 149 Å². The highest BCUT2D eigenvalue weighted by atomic mass is 35.5. The molecule has 1 aliphatic rings. The Kier molecular flexibility index (Phi) is 3.58. The van der Waals surface area contributed by atoms with Crippen molar-refractivity contribution in [3.8, 4) is 5.00 Å². The van der Waals surface area contributed by atoms with E-state index in [9.17, 15) is 0 Å². The number of nitrogens with zero attached hydrogens (tertiary/aromatic N) is 3. The predicted octanol–water partition coefficient (Wildman–Crippen LogP) is 4.24. The normalized spacial score (nSPS) is 16.4. The van der Waals surface area contributed by atoms with Crippen molar-refractivity contribution in [1.82, 2.24) is 10.2 Å². The van der Waals surface area contributed by atoms with Crippen LogP contribution in [-0.2, 0) is 0 Å². The number of benzene rings is 1. The molecule has 1 atom stereocenters. The number of aryl methyl sites for hydroxylation is 2. The fraction of sp³-hybridized carbons (Fsp3) is 0.278. The first-order valence-electron chi connectivity index (χ1n) is 7.88. The molecule has 24 heavy (non-hydrogen) atoms. The number of aromatic nitrogens is 3. The number of hydrogen-bond acceptors (Lipinski definition) is 3. The number of nitrogens with one attached hydrogen (secondary N) is 1. The van der Waals surface area contributed by atoms with Gasteiger partial charge in [-0.15, -0.1) is 16.4 Å². The third-order valence-corrected chi connectivity index (χ3v) is 5.96. The summed E-state index contributed by atoms with van der Waals surface area (Å²) in [6.07, 6.45) is 0. The standard InChI is InChI=1S/C18H17ClN4S/c1-9-11(3)24-18-15(9)16(13-5-7-14(19)8-6-13)20-10(2)17-22-21-12(4)23(17)18/h5-8,10H,1-4H3/p+1. The van der Waals surface area contributed by atoms with Crippen LogP contribution in [0.2, 0.25) is 5.02 Å². The first-order valence-corrected chi connectivity index (χ1v) is 9.08. The predicted molar refractivity (Wildman–Crippen MR) is 97.7 cm³/mol. The largest absolute Gasteiger partial charge is 0.307 e. The minimum atomic E-state index is -0.0278. The lowest BCUT2D eigenvalue weighted by Gasteiger charge is -2.08. The van der Waals surface area contributed by atoms with Gasteiger partial charge in [-0.25, -0.2) is 0 Å². The number of halogens is 1. The molecule has 0 fully saturated rings. The molecule has 0 aliphatic carbocycles. The number of hydrogen-bond donors (Lipinski definition) is 1. The van der Waals surface area contributed by atoms with Crippen LogP contribution in [0, 0.1) is 20.8 Å². The van der Waals surface area contributed by atoms with Crippen LogP contribution in [0.15, 0.2) is 29.3 Å². The van der Waals surface area contributed by atoms with E-state index in [1.165, 1.54) is 21.0 Å². The zero-order valence-corrected chi connectivity index (χ0v) is 15.6. The molecule has 0 saturated carbocycles. The molecule has 1 aliphatic heterocycles. The maximum absolute atomic E-state index is 6.07. The second kappa shape index (κ2) is 5.53. The Morgan fingerprint density at radius 2 is 1.88 bits per heavy atom. The maximum Gasteiger partial charge on any atom is 0.307 e. The van der Waals surface area contributed by atoms with Gasteiger partial charge in [-0.2, -0.15) is 4.57 Å². The summed E-state index contributed by atoms with van der Waals surface area (Å²) in [5, 5.41) is 9.51. The number of fused-ring (bicyclic) bond motifs is 3. The van der Waals surface area contributed by atoms with Crippen molar-refractivity contribution < 1.29 is 4.57 Å². The highest BCUT2D eigenvalue weighted by Crippen LogP contribution is 2.34. The van der Waals surface area contributed by atoms with Gasteiger partial charge in [0.2, 0.25) is 5.82 Å². The molecular formula is C18H18ClN4S+. The molecule has 0 amide bonds. The number of H-pyrrole nitrogens is 1. The molecule has 2 aromatic heterocycles. The van der Waals surface area contributed by atoms with E-state index in [1.807, 2.05) is 31.2 Å². The minimum absolute atomic E-state index is 0.0278. The molecule has 3 aromatic rings. The highest BCUT2D eigenvalue weighted by Gasteiger charge is 2.34. The first kappa shape index (κ1) is 15.5. The van der Waals surface area contributed by atoms with Crippen LogP contribution in [0.5, 0.6) is 0 Å². The van der Waals surface area contributed by atoms with Gasteiger partial charge in [-0.05, 0) is 38.5 Å². The van der Waals surface area contributed by atoms with Crippen molar-refractivity contribution in [3.63, 3.8) is 0 Å². The van der Waals surface area contributed by atoms with Gasteiger partial charge in [-0.1, -0.05) is 23.7 Å². The number of aliphatic imine (C=N–C) groups is 1. The number of thiophene rings is 1. The van der Waals surface area contributed by atoms with Crippen LogP contribution >= 0.6 is 22.9 Å². The van der Waals surface area contributed by atoms with Gasteiger partial charge in [0.1, 0.15) is 6.04 Å². The summed E-state index contributed by atoms with van der Waals surface area (Å²) in [6.45, 7) is 8.46. The van der Waals surface area contributed by atoms with Crippen molar-refractivity contribution >= 4 is 28.6 Å². The van der Waals surface area contributed by atoms with E-state index in [-0.39, 0.29) is 6.04 Å². The molecule has 0 bridgehead atoms. The molecular weight excluding hydrogens is 340 g/mol. The topological polar surface area (TPSA) is 44.9 Å². The van der Waals surface area contributed by atoms with Crippen LogP contribution < -0.4 is 4.57 Å². The average molecular weight is 358 g/mol. The summed E-state index contributed by atoms with van der Waals surface area (Å²) in [5.74, 6) is 1.96. The van der Waals surface area contributed by atoms with Gasteiger partial charge in [0.05, 0.1) is 11.3 Å². The Morgan fingerprint density at radius 1 is 1.17 bits per heavy atom. The van der Waals surface area contributed by atoms with E-state index in [0.29, 0.717) is 0 Å². The minimum Gasteiger partial charge on any atom is -0.269 e. The first-order chi connectivity index (χ1) is 11.5.